The molecular weight excluding hydrogens is 284 g/mol. The summed E-state index contributed by atoms with van der Waals surface area (Å²) in [7, 11) is 2.06. The molecule has 4 rings (SSSR count). The number of likely N-dealkylation sites (N-methyl/N-ethyl adjacent to an activating group) is 1. The van der Waals surface area contributed by atoms with Crippen molar-refractivity contribution in [1.82, 2.24) is 4.90 Å². The number of benzene rings is 2. The van der Waals surface area contributed by atoms with Crippen molar-refractivity contribution in [3.63, 3.8) is 0 Å². The van der Waals surface area contributed by atoms with Gasteiger partial charge in [0.05, 0.1) is 6.61 Å². The molecule has 2 aliphatic heterocycles. The third-order valence-electron chi connectivity index (χ3n) is 4.68. The minimum Gasteiger partial charge on any atom is -0.493 e. The smallest absolute Gasteiger partial charge is 0.159 e. The number of halogens is 2. The molecule has 2 aromatic rings. The second-order valence-corrected chi connectivity index (χ2v) is 6.13. The molecule has 0 aliphatic carbocycles. The van der Waals surface area contributed by atoms with E-state index in [1.54, 1.807) is 6.07 Å². The number of hydrogen-bond acceptors (Lipinski definition) is 2. The average Bonchev–Trinajstić information content (AvgIpc) is 2.98. The average molecular weight is 301 g/mol. The van der Waals surface area contributed by atoms with Crippen LogP contribution in [0.4, 0.5) is 8.78 Å². The van der Waals surface area contributed by atoms with Gasteiger partial charge < -0.3 is 9.64 Å². The molecule has 0 spiro atoms. The van der Waals surface area contributed by atoms with Gasteiger partial charge in [0.2, 0.25) is 0 Å². The quantitative estimate of drug-likeness (QED) is 0.799. The number of hydrogen-bond donors (Lipinski definition) is 0. The highest BCUT2D eigenvalue weighted by atomic mass is 19.2. The van der Waals surface area contributed by atoms with Gasteiger partial charge in [0.1, 0.15) is 5.75 Å². The molecule has 2 heterocycles. The summed E-state index contributed by atoms with van der Waals surface area (Å²) < 4.78 is 32.5. The Hall–Kier alpha value is -1.94. The third kappa shape index (κ3) is 2.10. The molecule has 0 saturated heterocycles. The lowest BCUT2D eigenvalue weighted by molar-refractivity contribution is 0.293. The van der Waals surface area contributed by atoms with Crippen LogP contribution < -0.4 is 4.74 Å². The van der Waals surface area contributed by atoms with Gasteiger partial charge in [-0.15, -0.1) is 0 Å². The van der Waals surface area contributed by atoms with E-state index in [-0.39, 0.29) is 5.92 Å². The number of ether oxygens (including phenoxy) is 1. The van der Waals surface area contributed by atoms with Crippen LogP contribution in [0, 0.1) is 11.6 Å². The Kier molecular flexibility index (Phi) is 3.15. The minimum absolute atomic E-state index is 0.0646. The maximum Gasteiger partial charge on any atom is 0.159 e. The van der Waals surface area contributed by atoms with Crippen LogP contribution in [0.2, 0.25) is 0 Å². The molecule has 114 valence electrons. The van der Waals surface area contributed by atoms with Gasteiger partial charge in [-0.05, 0) is 41.9 Å². The maximum atomic E-state index is 13.6. The van der Waals surface area contributed by atoms with Gasteiger partial charge in [0, 0.05) is 31.0 Å². The Morgan fingerprint density at radius 2 is 1.95 bits per heavy atom. The van der Waals surface area contributed by atoms with Crippen LogP contribution in [0.3, 0.4) is 0 Å². The van der Waals surface area contributed by atoms with Gasteiger partial charge in [-0.1, -0.05) is 12.1 Å². The predicted molar refractivity (Wildman–Crippen MR) is 80.2 cm³/mol. The Morgan fingerprint density at radius 3 is 2.77 bits per heavy atom. The number of rotatable bonds is 1. The molecule has 1 atom stereocenters. The van der Waals surface area contributed by atoms with E-state index in [0.29, 0.717) is 0 Å². The lowest BCUT2D eigenvalue weighted by Gasteiger charge is -2.33. The van der Waals surface area contributed by atoms with E-state index in [9.17, 15) is 8.78 Å². The summed E-state index contributed by atoms with van der Waals surface area (Å²) in [6, 6.07) is 8.33. The second-order valence-electron chi connectivity index (χ2n) is 6.13. The Bertz CT molecular complexity index is 744. The second kappa shape index (κ2) is 5.06. The van der Waals surface area contributed by atoms with Crippen LogP contribution >= 0.6 is 0 Å². The fraction of sp³-hybridized carbons (Fsp3) is 0.333. The first-order valence-electron chi connectivity index (χ1n) is 7.54. The number of fused-ring (bicyclic) bond motifs is 3. The van der Waals surface area contributed by atoms with Gasteiger partial charge in [-0.25, -0.2) is 8.78 Å². The molecule has 0 saturated carbocycles. The monoisotopic (exact) mass is 301 g/mol. The molecule has 0 aromatic heterocycles. The van der Waals surface area contributed by atoms with Crippen LogP contribution in [0.1, 0.15) is 28.2 Å². The van der Waals surface area contributed by atoms with E-state index in [1.165, 1.54) is 28.8 Å². The fourth-order valence-electron chi connectivity index (χ4n) is 3.63. The summed E-state index contributed by atoms with van der Waals surface area (Å²) in [6.07, 6.45) is 0.927. The molecule has 0 N–H and O–H groups in total. The van der Waals surface area contributed by atoms with Crippen LogP contribution in [0.5, 0.6) is 5.75 Å². The van der Waals surface area contributed by atoms with Crippen LogP contribution in [-0.2, 0) is 13.0 Å². The van der Waals surface area contributed by atoms with Crippen molar-refractivity contribution in [2.45, 2.75) is 18.9 Å². The molecule has 2 nitrogen and oxygen atoms in total. The molecular formula is C18H17F2NO. The maximum absolute atomic E-state index is 13.6. The van der Waals surface area contributed by atoms with Crippen molar-refractivity contribution < 1.29 is 13.5 Å². The number of nitrogens with zero attached hydrogens (tertiary/aromatic N) is 1. The molecule has 2 aliphatic rings. The molecule has 1 unspecified atom stereocenters. The van der Waals surface area contributed by atoms with Gasteiger partial charge in [-0.3, -0.25) is 0 Å². The Labute approximate surface area is 128 Å². The highest BCUT2D eigenvalue weighted by Crippen LogP contribution is 2.40. The highest BCUT2D eigenvalue weighted by molar-refractivity contribution is 5.51. The zero-order chi connectivity index (χ0) is 15.3. The summed E-state index contributed by atoms with van der Waals surface area (Å²) in [5.41, 5.74) is 4.61. The highest BCUT2D eigenvalue weighted by Gasteiger charge is 2.29. The molecule has 2 aromatic carbocycles. The molecule has 0 bridgehead atoms. The van der Waals surface area contributed by atoms with E-state index < -0.39 is 11.6 Å². The SMILES string of the molecule is CN1Cc2c(ccc3c2CCO3)C(c2ccc(F)c(F)c2)C1. The van der Waals surface area contributed by atoms with E-state index in [4.69, 9.17) is 4.74 Å². The predicted octanol–water partition coefficient (Wildman–Crippen LogP) is 3.48. The lowest BCUT2D eigenvalue weighted by atomic mass is 9.82. The minimum atomic E-state index is -0.796. The summed E-state index contributed by atoms with van der Waals surface area (Å²) in [5.74, 6) is -0.542. The fourth-order valence-corrected chi connectivity index (χ4v) is 3.63. The van der Waals surface area contributed by atoms with Gasteiger partial charge in [0.25, 0.3) is 0 Å². The van der Waals surface area contributed by atoms with Crippen molar-refractivity contribution in [2.24, 2.45) is 0 Å². The summed E-state index contributed by atoms with van der Waals surface area (Å²) >= 11 is 0. The summed E-state index contributed by atoms with van der Waals surface area (Å²) in [6.45, 7) is 2.41. The summed E-state index contributed by atoms with van der Waals surface area (Å²) in [5, 5.41) is 0. The van der Waals surface area contributed by atoms with Crippen LogP contribution in [0.15, 0.2) is 30.3 Å². The van der Waals surface area contributed by atoms with E-state index in [2.05, 4.69) is 18.0 Å². The standard InChI is InChI=1S/C18H17F2NO/c1-21-9-14(11-2-4-16(19)17(20)8-11)12-3-5-18-13(6-7-22-18)15(12)10-21/h2-5,8,14H,6-7,9-10H2,1H3. The van der Waals surface area contributed by atoms with Gasteiger partial charge >= 0.3 is 0 Å². The zero-order valence-corrected chi connectivity index (χ0v) is 12.4. The first-order chi connectivity index (χ1) is 10.6. The first kappa shape index (κ1) is 13.7. The van der Waals surface area contributed by atoms with Crippen molar-refractivity contribution in [3.8, 4) is 5.75 Å². The molecule has 22 heavy (non-hydrogen) atoms. The van der Waals surface area contributed by atoms with Crippen LogP contribution in [0.25, 0.3) is 0 Å². The molecule has 0 amide bonds. The van der Waals surface area contributed by atoms with Gasteiger partial charge in [-0.2, -0.15) is 0 Å². The Morgan fingerprint density at radius 1 is 1.09 bits per heavy atom. The van der Waals surface area contributed by atoms with Gasteiger partial charge in [0.15, 0.2) is 11.6 Å². The van der Waals surface area contributed by atoms with Crippen LogP contribution in [-0.4, -0.2) is 25.1 Å². The van der Waals surface area contributed by atoms with E-state index in [0.717, 1.165) is 37.4 Å². The normalized spacial score (nSPS) is 20.4. The molecule has 4 heteroatoms. The van der Waals surface area contributed by atoms with E-state index >= 15 is 0 Å². The molecule has 0 fully saturated rings. The topological polar surface area (TPSA) is 12.5 Å². The van der Waals surface area contributed by atoms with Crippen molar-refractivity contribution in [2.75, 3.05) is 20.2 Å². The summed E-state index contributed by atoms with van der Waals surface area (Å²) in [4.78, 5) is 2.23. The molecule has 0 radical (unpaired) electrons. The van der Waals surface area contributed by atoms with Crippen molar-refractivity contribution >= 4 is 0 Å². The first-order valence-corrected chi connectivity index (χ1v) is 7.54. The third-order valence-corrected chi connectivity index (χ3v) is 4.68. The Balaban J connectivity index is 1.84. The largest absolute Gasteiger partial charge is 0.493 e. The van der Waals surface area contributed by atoms with E-state index in [1.807, 2.05) is 6.07 Å². The zero-order valence-electron chi connectivity index (χ0n) is 12.4. The van der Waals surface area contributed by atoms with Crippen molar-refractivity contribution in [3.05, 3.63) is 64.2 Å². The van der Waals surface area contributed by atoms with Crippen molar-refractivity contribution in [1.29, 1.82) is 0 Å². The lowest BCUT2D eigenvalue weighted by Crippen LogP contribution is -2.31.